The molecule has 2 nitrogen and oxygen atoms in total. The molecule has 112 valence electrons. The molecule has 0 aliphatic carbocycles. The number of methoxy groups -OCH3 is 1. The highest BCUT2D eigenvalue weighted by atomic mass is 79.9. The van der Waals surface area contributed by atoms with E-state index in [0.29, 0.717) is 18.5 Å². The molecular weight excluding hydrogens is 333 g/mol. The number of nitrogens with two attached hydrogens (primary N) is 1. The van der Waals surface area contributed by atoms with E-state index in [1.54, 1.807) is 12.1 Å². The normalized spacial score (nSPS) is 12.2. The van der Waals surface area contributed by atoms with Gasteiger partial charge in [-0.3, -0.25) is 0 Å². The summed E-state index contributed by atoms with van der Waals surface area (Å²) in [4.78, 5) is 0. The van der Waals surface area contributed by atoms with Gasteiger partial charge >= 0.3 is 0 Å². The van der Waals surface area contributed by atoms with Crippen LogP contribution in [0.15, 0.2) is 46.9 Å². The van der Waals surface area contributed by atoms with Gasteiger partial charge in [0.2, 0.25) is 0 Å². The van der Waals surface area contributed by atoms with E-state index in [4.69, 9.17) is 10.5 Å². The van der Waals surface area contributed by atoms with Crippen LogP contribution in [0.3, 0.4) is 0 Å². The number of hydrogen-bond acceptors (Lipinski definition) is 2. The molecule has 2 aromatic rings. The van der Waals surface area contributed by atoms with Crippen molar-refractivity contribution in [1.29, 1.82) is 0 Å². The third-order valence-electron chi connectivity index (χ3n) is 3.54. The zero-order valence-electron chi connectivity index (χ0n) is 12.0. The second-order valence-electron chi connectivity index (χ2n) is 5.07. The highest BCUT2D eigenvalue weighted by Crippen LogP contribution is 2.23. The average molecular weight is 352 g/mol. The molecule has 0 spiro atoms. The Morgan fingerprint density at radius 3 is 2.48 bits per heavy atom. The van der Waals surface area contributed by atoms with E-state index in [2.05, 4.69) is 28.1 Å². The first kappa shape index (κ1) is 16.0. The van der Waals surface area contributed by atoms with Crippen molar-refractivity contribution < 1.29 is 9.13 Å². The molecule has 2 N–H and O–H groups in total. The van der Waals surface area contributed by atoms with E-state index in [0.717, 1.165) is 10.9 Å². The second kappa shape index (κ2) is 7.57. The lowest BCUT2D eigenvalue weighted by atomic mass is 9.92. The van der Waals surface area contributed by atoms with Crippen LogP contribution in [0.25, 0.3) is 0 Å². The van der Waals surface area contributed by atoms with Crippen LogP contribution in [0, 0.1) is 11.7 Å². The summed E-state index contributed by atoms with van der Waals surface area (Å²) in [6.07, 6.45) is 1.44. The van der Waals surface area contributed by atoms with Gasteiger partial charge in [-0.25, -0.2) is 4.39 Å². The Morgan fingerprint density at radius 1 is 1.14 bits per heavy atom. The molecular formula is C17H19BrFNO. The van der Waals surface area contributed by atoms with E-state index in [9.17, 15) is 4.39 Å². The predicted molar refractivity (Wildman–Crippen MR) is 87.0 cm³/mol. The third kappa shape index (κ3) is 4.29. The largest absolute Gasteiger partial charge is 0.494 e. The minimum atomic E-state index is -0.283. The van der Waals surface area contributed by atoms with E-state index < -0.39 is 0 Å². The zero-order chi connectivity index (χ0) is 15.2. The molecule has 1 unspecified atom stereocenters. The van der Waals surface area contributed by atoms with Gasteiger partial charge < -0.3 is 10.5 Å². The number of ether oxygens (including phenoxy) is 1. The summed E-state index contributed by atoms with van der Waals surface area (Å²) in [7, 11) is 1.48. The Morgan fingerprint density at radius 2 is 1.86 bits per heavy atom. The van der Waals surface area contributed by atoms with Crippen molar-refractivity contribution in [3.05, 3.63) is 63.9 Å². The number of benzene rings is 2. The van der Waals surface area contributed by atoms with Gasteiger partial charge in [0.25, 0.3) is 0 Å². The fourth-order valence-corrected chi connectivity index (χ4v) is 2.64. The number of rotatable bonds is 6. The van der Waals surface area contributed by atoms with Crippen molar-refractivity contribution in [3.8, 4) is 5.75 Å². The molecule has 0 aliphatic rings. The zero-order valence-corrected chi connectivity index (χ0v) is 13.6. The maximum absolute atomic E-state index is 14.2. The molecule has 21 heavy (non-hydrogen) atoms. The van der Waals surface area contributed by atoms with Crippen molar-refractivity contribution in [1.82, 2.24) is 0 Å². The van der Waals surface area contributed by atoms with Crippen molar-refractivity contribution in [3.63, 3.8) is 0 Å². The summed E-state index contributed by atoms with van der Waals surface area (Å²) in [6.45, 7) is 0.521. The van der Waals surface area contributed by atoms with Gasteiger partial charge in [0.1, 0.15) is 0 Å². The van der Waals surface area contributed by atoms with Crippen LogP contribution >= 0.6 is 15.9 Å². The molecule has 2 aromatic carbocycles. The summed E-state index contributed by atoms with van der Waals surface area (Å²) >= 11 is 3.42. The molecule has 0 saturated carbocycles. The van der Waals surface area contributed by atoms with E-state index in [1.165, 1.54) is 12.7 Å². The van der Waals surface area contributed by atoms with Crippen LogP contribution in [0.5, 0.6) is 5.75 Å². The molecule has 0 amide bonds. The topological polar surface area (TPSA) is 35.2 Å². The number of hydrogen-bond donors (Lipinski definition) is 1. The van der Waals surface area contributed by atoms with Crippen LogP contribution in [0.1, 0.15) is 11.1 Å². The molecule has 0 radical (unpaired) electrons. The van der Waals surface area contributed by atoms with Crippen LogP contribution < -0.4 is 10.5 Å². The van der Waals surface area contributed by atoms with Crippen LogP contribution in [-0.2, 0) is 12.8 Å². The van der Waals surface area contributed by atoms with Crippen LogP contribution in [0.4, 0.5) is 4.39 Å². The molecule has 4 heteroatoms. The van der Waals surface area contributed by atoms with Gasteiger partial charge in [-0.05, 0) is 54.6 Å². The van der Waals surface area contributed by atoms with Crippen molar-refractivity contribution in [2.75, 3.05) is 13.7 Å². The first-order valence-corrected chi connectivity index (χ1v) is 7.69. The third-order valence-corrected chi connectivity index (χ3v) is 4.07. The van der Waals surface area contributed by atoms with E-state index in [1.807, 2.05) is 18.2 Å². The quantitative estimate of drug-likeness (QED) is 0.854. The van der Waals surface area contributed by atoms with Crippen molar-refractivity contribution in [2.24, 2.45) is 11.7 Å². The lowest BCUT2D eigenvalue weighted by Crippen LogP contribution is -2.20. The minimum Gasteiger partial charge on any atom is -0.494 e. The summed E-state index contributed by atoms with van der Waals surface area (Å²) < 4.78 is 20.3. The van der Waals surface area contributed by atoms with Gasteiger partial charge in [-0.2, -0.15) is 0 Å². The van der Waals surface area contributed by atoms with Gasteiger partial charge in [0.05, 0.1) is 7.11 Å². The van der Waals surface area contributed by atoms with Gasteiger partial charge in [0.15, 0.2) is 11.6 Å². The minimum absolute atomic E-state index is 0.202. The summed E-state index contributed by atoms with van der Waals surface area (Å²) in [5.74, 6) is 0.203. The van der Waals surface area contributed by atoms with Gasteiger partial charge in [-0.15, -0.1) is 0 Å². The fraction of sp³-hybridized carbons (Fsp3) is 0.294. The Labute approximate surface area is 133 Å². The number of halogens is 2. The molecule has 0 bridgehead atoms. The monoisotopic (exact) mass is 351 g/mol. The predicted octanol–water partition coefficient (Wildman–Crippen LogP) is 3.96. The fourth-order valence-electron chi connectivity index (χ4n) is 2.38. The van der Waals surface area contributed by atoms with Crippen LogP contribution in [0.2, 0.25) is 0 Å². The highest BCUT2D eigenvalue weighted by Gasteiger charge is 2.14. The first-order valence-electron chi connectivity index (χ1n) is 6.90. The molecule has 2 rings (SSSR count). The Bertz CT molecular complexity index is 586. The molecule has 0 fully saturated rings. The SMILES string of the molecule is COc1cccc(CC(CN)Cc2ccc(Br)cc2)c1F. The second-order valence-corrected chi connectivity index (χ2v) is 5.99. The van der Waals surface area contributed by atoms with Crippen molar-refractivity contribution >= 4 is 15.9 Å². The summed E-state index contributed by atoms with van der Waals surface area (Å²) in [5.41, 5.74) is 7.72. The highest BCUT2D eigenvalue weighted by molar-refractivity contribution is 9.10. The lowest BCUT2D eigenvalue weighted by Gasteiger charge is -2.16. The maximum atomic E-state index is 14.2. The Balaban J connectivity index is 2.10. The molecule has 0 aliphatic heterocycles. The lowest BCUT2D eigenvalue weighted by molar-refractivity contribution is 0.382. The molecule has 1 atom stereocenters. The summed E-state index contributed by atoms with van der Waals surface area (Å²) in [5, 5.41) is 0. The molecule has 0 aromatic heterocycles. The Kier molecular flexibility index (Phi) is 5.76. The van der Waals surface area contributed by atoms with E-state index in [-0.39, 0.29) is 17.5 Å². The smallest absolute Gasteiger partial charge is 0.168 e. The summed E-state index contributed by atoms with van der Waals surface area (Å²) in [6, 6.07) is 13.4. The molecule has 0 saturated heterocycles. The molecule has 0 heterocycles. The van der Waals surface area contributed by atoms with Gasteiger partial charge in [-0.1, -0.05) is 40.2 Å². The first-order chi connectivity index (χ1) is 10.1. The Hall–Kier alpha value is -1.39. The van der Waals surface area contributed by atoms with Gasteiger partial charge in [0, 0.05) is 4.47 Å². The van der Waals surface area contributed by atoms with Crippen LogP contribution in [-0.4, -0.2) is 13.7 Å². The standard InChI is InChI=1S/C17H19BrFNO/c1-21-16-4-2-3-14(17(16)19)10-13(11-20)9-12-5-7-15(18)8-6-12/h2-8,13H,9-11,20H2,1H3. The van der Waals surface area contributed by atoms with E-state index >= 15 is 0 Å². The van der Waals surface area contributed by atoms with Crippen molar-refractivity contribution in [2.45, 2.75) is 12.8 Å². The maximum Gasteiger partial charge on any atom is 0.168 e. The average Bonchev–Trinajstić information content (AvgIpc) is 2.50.